The number of hydrogen-bond donors (Lipinski definition) is 0. The van der Waals surface area contributed by atoms with Crippen LogP contribution in [0.15, 0.2) is 23.1 Å². The van der Waals surface area contributed by atoms with Crippen LogP contribution in [0.5, 0.6) is 11.5 Å². The maximum absolute atomic E-state index is 12.7. The Bertz CT molecular complexity index is 548. The minimum Gasteiger partial charge on any atom is -0.497 e. The van der Waals surface area contributed by atoms with E-state index in [1.807, 2.05) is 0 Å². The molecule has 2 rings (SSSR count). The lowest BCUT2D eigenvalue weighted by Gasteiger charge is -2.21. The van der Waals surface area contributed by atoms with Crippen LogP contribution in [-0.2, 0) is 10.0 Å². The van der Waals surface area contributed by atoms with E-state index in [0.29, 0.717) is 24.6 Å². The van der Waals surface area contributed by atoms with E-state index in [0.717, 1.165) is 25.7 Å². The van der Waals surface area contributed by atoms with Crippen molar-refractivity contribution < 1.29 is 17.9 Å². The van der Waals surface area contributed by atoms with Gasteiger partial charge in [-0.15, -0.1) is 0 Å². The third-order valence-electron chi connectivity index (χ3n) is 3.55. The number of ether oxygens (including phenoxy) is 2. The van der Waals surface area contributed by atoms with Crippen molar-refractivity contribution in [1.29, 1.82) is 0 Å². The van der Waals surface area contributed by atoms with Crippen molar-refractivity contribution in [2.45, 2.75) is 30.6 Å². The Morgan fingerprint density at radius 2 is 1.65 bits per heavy atom. The zero-order chi connectivity index (χ0) is 14.6. The summed E-state index contributed by atoms with van der Waals surface area (Å²) in [5, 5.41) is 0. The molecule has 0 N–H and O–H groups in total. The number of benzene rings is 1. The van der Waals surface area contributed by atoms with Gasteiger partial charge in [0.25, 0.3) is 0 Å². The van der Waals surface area contributed by atoms with Gasteiger partial charge in [-0.2, -0.15) is 4.31 Å². The second-order valence-electron chi connectivity index (χ2n) is 4.84. The van der Waals surface area contributed by atoms with E-state index in [1.54, 1.807) is 22.5 Å². The maximum Gasteiger partial charge on any atom is 0.246 e. The second-order valence-corrected chi connectivity index (χ2v) is 6.74. The van der Waals surface area contributed by atoms with Crippen molar-refractivity contribution in [3.8, 4) is 11.5 Å². The Morgan fingerprint density at radius 3 is 2.20 bits per heavy atom. The number of hydrogen-bond acceptors (Lipinski definition) is 4. The molecule has 112 valence electrons. The first-order valence-electron chi connectivity index (χ1n) is 6.82. The molecule has 1 heterocycles. The van der Waals surface area contributed by atoms with Crippen LogP contribution < -0.4 is 9.47 Å². The molecule has 1 aromatic carbocycles. The van der Waals surface area contributed by atoms with Gasteiger partial charge < -0.3 is 9.47 Å². The molecule has 0 radical (unpaired) electrons. The fourth-order valence-corrected chi connectivity index (χ4v) is 4.06. The Labute approximate surface area is 120 Å². The summed E-state index contributed by atoms with van der Waals surface area (Å²) in [5.74, 6) is 0.908. The van der Waals surface area contributed by atoms with Crippen molar-refractivity contribution in [2.24, 2.45) is 0 Å². The molecule has 0 unspecified atom stereocenters. The summed E-state index contributed by atoms with van der Waals surface area (Å²) in [6.07, 6.45) is 4.01. The number of rotatable bonds is 4. The normalized spacial score (nSPS) is 17.5. The van der Waals surface area contributed by atoms with Crippen LogP contribution in [0.3, 0.4) is 0 Å². The zero-order valence-corrected chi connectivity index (χ0v) is 12.8. The Morgan fingerprint density at radius 1 is 1.00 bits per heavy atom. The maximum atomic E-state index is 12.7. The van der Waals surface area contributed by atoms with E-state index in [2.05, 4.69) is 0 Å². The predicted octanol–water partition coefficient (Wildman–Crippen LogP) is 2.27. The molecule has 1 aliphatic rings. The first-order chi connectivity index (χ1) is 9.59. The number of methoxy groups -OCH3 is 2. The van der Waals surface area contributed by atoms with Gasteiger partial charge in [0.15, 0.2) is 0 Å². The van der Waals surface area contributed by atoms with Crippen molar-refractivity contribution in [1.82, 2.24) is 4.31 Å². The molecule has 0 atom stereocenters. The highest BCUT2D eigenvalue weighted by molar-refractivity contribution is 7.89. The molecule has 20 heavy (non-hydrogen) atoms. The van der Waals surface area contributed by atoms with Gasteiger partial charge in [0, 0.05) is 19.2 Å². The molecule has 0 bridgehead atoms. The molecule has 0 aromatic heterocycles. The van der Waals surface area contributed by atoms with Gasteiger partial charge in [0.2, 0.25) is 10.0 Å². The quantitative estimate of drug-likeness (QED) is 0.856. The molecule has 0 saturated carbocycles. The first kappa shape index (κ1) is 15.1. The topological polar surface area (TPSA) is 55.8 Å². The van der Waals surface area contributed by atoms with Gasteiger partial charge >= 0.3 is 0 Å². The highest BCUT2D eigenvalue weighted by Crippen LogP contribution is 2.31. The van der Waals surface area contributed by atoms with Gasteiger partial charge in [-0.05, 0) is 25.0 Å². The highest BCUT2D eigenvalue weighted by Gasteiger charge is 2.28. The van der Waals surface area contributed by atoms with Gasteiger partial charge in [-0.25, -0.2) is 8.42 Å². The lowest BCUT2D eigenvalue weighted by atomic mass is 10.2. The van der Waals surface area contributed by atoms with Gasteiger partial charge in [0.1, 0.15) is 16.4 Å². The molecule has 1 fully saturated rings. The standard InChI is InChI=1S/C14H21NO4S/c1-18-12-7-8-14(13(11-12)19-2)20(16,17)15-9-5-3-4-6-10-15/h7-8,11H,3-6,9-10H2,1-2H3. The molecule has 0 spiro atoms. The third kappa shape index (κ3) is 3.07. The lowest BCUT2D eigenvalue weighted by molar-refractivity contribution is 0.380. The highest BCUT2D eigenvalue weighted by atomic mass is 32.2. The fraction of sp³-hybridized carbons (Fsp3) is 0.571. The summed E-state index contributed by atoms with van der Waals surface area (Å²) in [6.45, 7) is 1.16. The fourth-order valence-electron chi connectivity index (χ4n) is 2.41. The zero-order valence-electron chi connectivity index (χ0n) is 12.0. The van der Waals surface area contributed by atoms with E-state index < -0.39 is 10.0 Å². The molecular formula is C14H21NO4S. The monoisotopic (exact) mass is 299 g/mol. The largest absolute Gasteiger partial charge is 0.497 e. The molecule has 1 saturated heterocycles. The second kappa shape index (κ2) is 6.45. The van der Waals surface area contributed by atoms with Crippen LogP contribution in [0.25, 0.3) is 0 Å². The van der Waals surface area contributed by atoms with Crippen LogP contribution in [0.2, 0.25) is 0 Å². The van der Waals surface area contributed by atoms with Gasteiger partial charge in [-0.1, -0.05) is 12.8 Å². The molecule has 0 aliphatic carbocycles. The Kier molecular flexibility index (Phi) is 4.88. The van der Waals surface area contributed by atoms with Crippen LogP contribution in [0, 0.1) is 0 Å². The minimum absolute atomic E-state index is 0.211. The van der Waals surface area contributed by atoms with E-state index in [-0.39, 0.29) is 4.90 Å². The van der Waals surface area contributed by atoms with E-state index in [4.69, 9.17) is 9.47 Å². The molecule has 6 heteroatoms. The van der Waals surface area contributed by atoms with Crippen LogP contribution in [0.4, 0.5) is 0 Å². The molecule has 1 aliphatic heterocycles. The van der Waals surface area contributed by atoms with Gasteiger partial charge in [0.05, 0.1) is 14.2 Å². The van der Waals surface area contributed by atoms with E-state index >= 15 is 0 Å². The van der Waals surface area contributed by atoms with Crippen LogP contribution >= 0.6 is 0 Å². The third-order valence-corrected chi connectivity index (χ3v) is 5.49. The van der Waals surface area contributed by atoms with Crippen molar-refractivity contribution in [3.63, 3.8) is 0 Å². The smallest absolute Gasteiger partial charge is 0.246 e. The van der Waals surface area contributed by atoms with E-state index in [1.165, 1.54) is 14.2 Å². The first-order valence-corrected chi connectivity index (χ1v) is 8.26. The Balaban J connectivity index is 2.37. The summed E-state index contributed by atoms with van der Waals surface area (Å²) in [5.41, 5.74) is 0. The van der Waals surface area contributed by atoms with Crippen LogP contribution in [-0.4, -0.2) is 40.0 Å². The van der Waals surface area contributed by atoms with E-state index in [9.17, 15) is 8.42 Å². The van der Waals surface area contributed by atoms with Crippen LogP contribution in [0.1, 0.15) is 25.7 Å². The molecule has 5 nitrogen and oxygen atoms in total. The average Bonchev–Trinajstić information content (AvgIpc) is 2.76. The average molecular weight is 299 g/mol. The summed E-state index contributed by atoms with van der Waals surface area (Å²) in [4.78, 5) is 0.211. The summed E-state index contributed by atoms with van der Waals surface area (Å²) in [7, 11) is -0.492. The summed E-state index contributed by atoms with van der Waals surface area (Å²) < 4.78 is 37.3. The number of nitrogens with zero attached hydrogens (tertiary/aromatic N) is 1. The molecule has 1 aromatic rings. The lowest BCUT2D eigenvalue weighted by Crippen LogP contribution is -2.32. The molecule has 0 amide bonds. The van der Waals surface area contributed by atoms with Gasteiger partial charge in [-0.3, -0.25) is 0 Å². The summed E-state index contributed by atoms with van der Waals surface area (Å²) in [6, 6.07) is 4.80. The summed E-state index contributed by atoms with van der Waals surface area (Å²) >= 11 is 0. The minimum atomic E-state index is -3.50. The van der Waals surface area contributed by atoms with Crippen molar-refractivity contribution in [3.05, 3.63) is 18.2 Å². The molecular weight excluding hydrogens is 278 g/mol. The number of sulfonamides is 1. The Hall–Kier alpha value is -1.27. The van der Waals surface area contributed by atoms with Crippen molar-refractivity contribution in [2.75, 3.05) is 27.3 Å². The SMILES string of the molecule is COc1ccc(S(=O)(=O)N2CCCCCC2)c(OC)c1. The van der Waals surface area contributed by atoms with Crippen molar-refractivity contribution >= 4 is 10.0 Å². The predicted molar refractivity (Wildman–Crippen MR) is 76.8 cm³/mol.